The van der Waals surface area contributed by atoms with E-state index in [1.54, 1.807) is 11.1 Å². The summed E-state index contributed by atoms with van der Waals surface area (Å²) in [5, 5.41) is 10.2. The van der Waals surface area contributed by atoms with Crippen molar-refractivity contribution in [3.05, 3.63) is 84.5 Å². The van der Waals surface area contributed by atoms with Gasteiger partial charge in [0.1, 0.15) is 46.0 Å². The number of anilines is 1. The number of hydrogen-bond donors (Lipinski definition) is 1. The predicted octanol–water partition coefficient (Wildman–Crippen LogP) is 5.01. The number of likely N-dealkylation sites (tertiary alicyclic amines) is 1. The second kappa shape index (κ2) is 12.8. The zero-order valence-corrected chi connectivity index (χ0v) is 27.4. The second-order valence-electron chi connectivity index (χ2n) is 13.4. The third-order valence-corrected chi connectivity index (χ3v) is 9.95. The van der Waals surface area contributed by atoms with E-state index < -0.39 is 5.54 Å². The molecular weight excluding hydrogens is 604 g/mol. The number of piperidine rings is 1. The topological polar surface area (TPSA) is 133 Å². The molecular formula is C37H40N8O3. The van der Waals surface area contributed by atoms with Gasteiger partial charge in [0.15, 0.2) is 0 Å². The fraction of sp³-hybridized carbons (Fsp3) is 0.378. The second-order valence-corrected chi connectivity index (χ2v) is 13.4. The number of amides is 2. The number of fused-ring (bicyclic) bond motifs is 2. The van der Waals surface area contributed by atoms with Crippen molar-refractivity contribution in [2.24, 2.45) is 0 Å². The summed E-state index contributed by atoms with van der Waals surface area (Å²) in [5.74, 6) is 2.55. The molecule has 246 valence electrons. The van der Waals surface area contributed by atoms with Gasteiger partial charge in [0, 0.05) is 74.6 Å². The molecule has 2 aromatic heterocycles. The number of nitrogens with two attached hydrogens (primary N) is 1. The lowest BCUT2D eigenvalue weighted by molar-refractivity contribution is -0.131. The quantitative estimate of drug-likeness (QED) is 0.219. The Kier molecular flexibility index (Phi) is 8.35. The van der Waals surface area contributed by atoms with Gasteiger partial charge >= 0.3 is 0 Å². The summed E-state index contributed by atoms with van der Waals surface area (Å²) in [5.41, 5.74) is 8.37. The van der Waals surface area contributed by atoms with E-state index in [0.29, 0.717) is 49.9 Å². The summed E-state index contributed by atoms with van der Waals surface area (Å²) in [6, 6.07) is 19.8. The molecule has 0 radical (unpaired) electrons. The Labute approximate surface area is 280 Å². The minimum Gasteiger partial charge on any atom is -0.457 e. The van der Waals surface area contributed by atoms with E-state index in [2.05, 4.69) is 16.0 Å². The molecule has 0 unspecified atom stereocenters. The highest BCUT2D eigenvalue weighted by molar-refractivity contribution is 5.97. The van der Waals surface area contributed by atoms with Crippen LogP contribution in [0.1, 0.15) is 51.3 Å². The lowest BCUT2D eigenvalue weighted by Crippen LogP contribution is -2.57. The van der Waals surface area contributed by atoms with Crippen molar-refractivity contribution >= 4 is 23.1 Å². The normalized spacial score (nSPS) is 20.5. The minimum absolute atomic E-state index is 0.0626. The minimum atomic E-state index is -0.520. The molecule has 3 fully saturated rings. The van der Waals surface area contributed by atoms with E-state index in [-0.39, 0.29) is 29.3 Å². The number of ether oxygens (including phenoxy) is 1. The fourth-order valence-electron chi connectivity index (χ4n) is 7.40. The van der Waals surface area contributed by atoms with Crippen LogP contribution in [0, 0.1) is 11.3 Å². The smallest absolute Gasteiger partial charge is 0.264 e. The van der Waals surface area contributed by atoms with Gasteiger partial charge in [-0.15, -0.1) is 0 Å². The van der Waals surface area contributed by atoms with Crippen LogP contribution >= 0.6 is 0 Å². The molecule has 48 heavy (non-hydrogen) atoms. The number of carbonyl (C=O) groups is 2. The van der Waals surface area contributed by atoms with Crippen LogP contribution in [0.15, 0.2) is 78.6 Å². The Morgan fingerprint density at radius 1 is 1.04 bits per heavy atom. The van der Waals surface area contributed by atoms with Crippen molar-refractivity contribution in [3.8, 4) is 28.8 Å². The van der Waals surface area contributed by atoms with Crippen molar-refractivity contribution < 1.29 is 14.3 Å². The number of imidazole rings is 1. The molecule has 0 spiro atoms. The summed E-state index contributed by atoms with van der Waals surface area (Å²) in [6.07, 6.45) is 8.42. The number of hydrogen-bond acceptors (Lipinski definition) is 8. The summed E-state index contributed by atoms with van der Waals surface area (Å²) in [6.45, 7) is 7.22. The van der Waals surface area contributed by atoms with Crippen LogP contribution in [0.2, 0.25) is 0 Å². The van der Waals surface area contributed by atoms with Crippen molar-refractivity contribution in [3.63, 3.8) is 0 Å². The number of benzene rings is 2. The van der Waals surface area contributed by atoms with Crippen LogP contribution < -0.4 is 10.5 Å². The molecule has 0 saturated carbocycles. The van der Waals surface area contributed by atoms with Crippen molar-refractivity contribution in [1.82, 2.24) is 29.1 Å². The highest BCUT2D eigenvalue weighted by Gasteiger charge is 2.40. The molecule has 11 heteroatoms. The Morgan fingerprint density at radius 3 is 2.58 bits per heavy atom. The maximum atomic E-state index is 13.9. The van der Waals surface area contributed by atoms with Gasteiger partial charge in [-0.3, -0.25) is 18.9 Å². The number of carbonyl (C=O) groups excluding carboxylic acids is 2. The van der Waals surface area contributed by atoms with Crippen LogP contribution in [-0.2, 0) is 9.59 Å². The summed E-state index contributed by atoms with van der Waals surface area (Å²) in [4.78, 5) is 41.6. The summed E-state index contributed by atoms with van der Waals surface area (Å²) < 4.78 is 7.97. The highest BCUT2D eigenvalue weighted by atomic mass is 16.5. The molecule has 0 aliphatic carbocycles. The van der Waals surface area contributed by atoms with Gasteiger partial charge in [-0.1, -0.05) is 18.2 Å². The van der Waals surface area contributed by atoms with Gasteiger partial charge < -0.3 is 20.3 Å². The molecule has 7 rings (SSSR count). The van der Waals surface area contributed by atoms with Gasteiger partial charge in [0.25, 0.3) is 5.91 Å². The van der Waals surface area contributed by atoms with Gasteiger partial charge in [-0.2, -0.15) is 5.26 Å². The van der Waals surface area contributed by atoms with Crippen molar-refractivity contribution in [1.29, 1.82) is 5.26 Å². The van der Waals surface area contributed by atoms with Crippen LogP contribution in [0.3, 0.4) is 0 Å². The SMILES string of the molecule is CC(C)(/C=C(/C#N)C(=O)N1CCC[C@@H](c2nc(-c3ccc(Oc4ccccc4)cc3)c3c(N)nccn23)C1)N1CCN2C(=O)CC[C@H]2C1. The first-order valence-corrected chi connectivity index (χ1v) is 16.6. The van der Waals surface area contributed by atoms with E-state index in [9.17, 15) is 14.9 Å². The maximum Gasteiger partial charge on any atom is 0.264 e. The van der Waals surface area contributed by atoms with E-state index >= 15 is 0 Å². The van der Waals surface area contributed by atoms with Gasteiger partial charge in [-0.05, 0) is 75.6 Å². The predicted molar refractivity (Wildman–Crippen MR) is 182 cm³/mol. The fourth-order valence-corrected chi connectivity index (χ4v) is 7.40. The summed E-state index contributed by atoms with van der Waals surface area (Å²) in [7, 11) is 0. The average Bonchev–Trinajstić information content (AvgIpc) is 3.69. The lowest BCUT2D eigenvalue weighted by Gasteiger charge is -2.45. The number of para-hydroxylation sites is 1. The van der Waals surface area contributed by atoms with Gasteiger partial charge in [0.05, 0.1) is 0 Å². The molecule has 0 bridgehead atoms. The molecule has 3 aliphatic rings. The number of piperazine rings is 1. The highest BCUT2D eigenvalue weighted by Crippen LogP contribution is 2.35. The molecule has 2 amide bonds. The van der Waals surface area contributed by atoms with E-state index in [0.717, 1.165) is 48.5 Å². The molecule has 2 N–H and O–H groups in total. The Balaban J connectivity index is 1.11. The summed E-state index contributed by atoms with van der Waals surface area (Å²) >= 11 is 0. The molecule has 4 aromatic rings. The van der Waals surface area contributed by atoms with Crippen molar-refractivity contribution in [2.75, 3.05) is 38.5 Å². The Hall–Kier alpha value is -5.21. The van der Waals surface area contributed by atoms with Crippen LogP contribution in [-0.4, -0.2) is 85.2 Å². The number of nitriles is 1. The van der Waals surface area contributed by atoms with Gasteiger partial charge in [0.2, 0.25) is 5.91 Å². The maximum absolute atomic E-state index is 13.9. The van der Waals surface area contributed by atoms with Gasteiger partial charge in [-0.25, -0.2) is 9.97 Å². The van der Waals surface area contributed by atoms with E-state index in [4.69, 9.17) is 15.5 Å². The number of aromatic nitrogens is 3. The molecule has 11 nitrogen and oxygen atoms in total. The molecule has 2 aromatic carbocycles. The molecule has 2 atom stereocenters. The first-order chi connectivity index (χ1) is 23.2. The van der Waals surface area contributed by atoms with Crippen molar-refractivity contribution in [2.45, 2.75) is 57.0 Å². The largest absolute Gasteiger partial charge is 0.457 e. The third-order valence-electron chi connectivity index (χ3n) is 9.95. The first-order valence-electron chi connectivity index (χ1n) is 16.6. The Morgan fingerprint density at radius 2 is 1.81 bits per heavy atom. The van der Waals surface area contributed by atoms with Crippen LogP contribution in [0.4, 0.5) is 5.82 Å². The standard InChI is InChI=1S/C37H40N8O3/c1-37(2,43-19-20-44-28(24-43)12-15-31(44)46)21-27(22-38)36(47)42-17-6-7-26(23-42)35-41-32(33-34(39)40-16-18-45(33)35)25-10-13-30(14-11-25)48-29-8-4-3-5-9-29/h3-5,8-11,13-14,16,18,21,26,28H,6-7,12,15,17,19-20,23-24H2,1-2H3,(H2,39,40)/b27-21-/t26-,28+/m1/s1. The number of nitrogens with zero attached hydrogens (tertiary/aromatic N) is 7. The van der Waals surface area contributed by atoms with Crippen LogP contribution in [0.25, 0.3) is 16.8 Å². The number of rotatable bonds is 7. The first kappa shape index (κ1) is 31.4. The van der Waals surface area contributed by atoms with Crippen LogP contribution in [0.5, 0.6) is 11.5 Å². The Bertz CT molecular complexity index is 1910. The monoisotopic (exact) mass is 644 g/mol. The lowest BCUT2D eigenvalue weighted by atomic mass is 9.94. The molecule has 3 aliphatic heterocycles. The van der Waals surface area contributed by atoms with E-state index in [1.165, 1.54) is 0 Å². The number of nitrogen functional groups attached to an aromatic ring is 1. The zero-order valence-electron chi connectivity index (χ0n) is 27.4. The van der Waals surface area contributed by atoms with E-state index in [1.807, 2.05) is 90.0 Å². The average molecular weight is 645 g/mol. The molecule has 5 heterocycles. The molecule has 3 saturated heterocycles. The third kappa shape index (κ3) is 6.00. The zero-order chi connectivity index (χ0) is 33.4.